The van der Waals surface area contributed by atoms with Crippen LogP contribution < -0.4 is 5.73 Å². The molecular weight excluding hydrogens is 104 g/mol. The maximum absolute atomic E-state index is 8.05. The Hall–Kier alpha value is -1.25. The molecule has 0 aromatic heterocycles. The second-order valence-corrected chi connectivity index (χ2v) is 0.981. The first-order chi connectivity index (χ1) is 3.91. The van der Waals surface area contributed by atoms with E-state index in [2.05, 4.69) is 4.99 Å². The Balaban J connectivity index is 3.35. The van der Waals surface area contributed by atoms with Crippen molar-refractivity contribution in [2.24, 2.45) is 10.7 Å². The highest BCUT2D eigenvalue weighted by Crippen LogP contribution is 1.73. The topological polar surface area (TPSA) is 58.6 Å². The summed E-state index contributed by atoms with van der Waals surface area (Å²) in [6.07, 6.45) is 6.55. The molecule has 0 aromatic carbocycles. The van der Waals surface area contributed by atoms with Crippen LogP contribution in [0.3, 0.4) is 0 Å². The summed E-state index contributed by atoms with van der Waals surface area (Å²) in [5, 5.41) is 8.05. The van der Waals surface area contributed by atoms with Crippen molar-refractivity contribution in [3.05, 3.63) is 24.6 Å². The summed E-state index contributed by atoms with van der Waals surface area (Å²) in [6.45, 7) is 0. The van der Waals surface area contributed by atoms with Crippen LogP contribution in [0.1, 0.15) is 0 Å². The van der Waals surface area contributed by atoms with Crippen molar-refractivity contribution in [1.82, 2.24) is 0 Å². The van der Waals surface area contributed by atoms with Crippen molar-refractivity contribution in [2.45, 2.75) is 0 Å². The standard InChI is InChI=1S/C5H8N2O/c6-5-7-3-1-2-4-8/h1-5,8H,(H2,6,7)/b3-1-,4-2+. The average molecular weight is 112 g/mol. The first-order valence-electron chi connectivity index (χ1n) is 2.11. The van der Waals surface area contributed by atoms with Crippen molar-refractivity contribution in [3.63, 3.8) is 0 Å². The molecule has 0 bridgehead atoms. The Kier molecular flexibility index (Phi) is 4.85. The van der Waals surface area contributed by atoms with E-state index in [1.54, 1.807) is 6.08 Å². The van der Waals surface area contributed by atoms with Gasteiger partial charge in [0.05, 0.1) is 12.6 Å². The number of nitrogens with two attached hydrogens (primary N) is 1. The first kappa shape index (κ1) is 6.75. The zero-order valence-electron chi connectivity index (χ0n) is 4.36. The van der Waals surface area contributed by atoms with Gasteiger partial charge in [-0.05, 0) is 12.2 Å². The molecule has 0 aliphatic rings. The van der Waals surface area contributed by atoms with Crippen LogP contribution in [-0.2, 0) is 0 Å². The predicted molar refractivity (Wildman–Crippen MR) is 33.6 cm³/mol. The molecule has 3 heteroatoms. The molecule has 0 amide bonds. The van der Waals surface area contributed by atoms with Crippen LogP contribution in [0.15, 0.2) is 29.6 Å². The second kappa shape index (κ2) is 5.75. The number of hydrogen-bond donors (Lipinski definition) is 2. The van der Waals surface area contributed by atoms with Crippen LogP contribution in [0, 0.1) is 0 Å². The summed E-state index contributed by atoms with van der Waals surface area (Å²) >= 11 is 0. The van der Waals surface area contributed by atoms with E-state index < -0.39 is 0 Å². The second-order valence-electron chi connectivity index (χ2n) is 0.981. The van der Waals surface area contributed by atoms with E-state index in [1.807, 2.05) is 0 Å². The Labute approximate surface area is 47.8 Å². The van der Waals surface area contributed by atoms with Gasteiger partial charge >= 0.3 is 0 Å². The predicted octanol–water partition coefficient (Wildman–Crippen LogP) is 0.559. The van der Waals surface area contributed by atoms with Gasteiger partial charge in [-0.15, -0.1) is 0 Å². The molecule has 0 aliphatic heterocycles. The molecule has 0 fully saturated rings. The molecule has 0 spiro atoms. The van der Waals surface area contributed by atoms with Gasteiger partial charge in [0.1, 0.15) is 0 Å². The summed E-state index contributed by atoms with van der Waals surface area (Å²) in [5.41, 5.74) is 4.88. The van der Waals surface area contributed by atoms with Crippen LogP contribution in [0.25, 0.3) is 0 Å². The molecule has 0 aromatic rings. The highest BCUT2D eigenvalue weighted by Gasteiger charge is 1.56. The van der Waals surface area contributed by atoms with E-state index in [-0.39, 0.29) is 0 Å². The third kappa shape index (κ3) is 4.75. The molecule has 0 heterocycles. The monoisotopic (exact) mass is 112 g/mol. The van der Waals surface area contributed by atoms with Gasteiger partial charge in [-0.25, -0.2) is 4.99 Å². The van der Waals surface area contributed by atoms with Crippen LogP contribution in [0.5, 0.6) is 0 Å². The Morgan fingerprint density at radius 1 is 1.38 bits per heavy atom. The fraction of sp³-hybridized carbons (Fsp3) is 0. The molecule has 3 nitrogen and oxygen atoms in total. The maximum Gasteiger partial charge on any atom is 0.0852 e. The number of allylic oxidation sites excluding steroid dienone is 2. The number of hydrogen-bond acceptors (Lipinski definition) is 2. The maximum atomic E-state index is 8.05. The highest BCUT2D eigenvalue weighted by atomic mass is 16.2. The molecular formula is C5H8N2O. The van der Waals surface area contributed by atoms with Crippen molar-refractivity contribution < 1.29 is 5.11 Å². The van der Waals surface area contributed by atoms with Gasteiger partial charge in [-0.2, -0.15) is 0 Å². The van der Waals surface area contributed by atoms with Gasteiger partial charge in [-0.1, -0.05) is 0 Å². The van der Waals surface area contributed by atoms with Gasteiger partial charge in [0.25, 0.3) is 0 Å². The zero-order chi connectivity index (χ0) is 6.24. The van der Waals surface area contributed by atoms with E-state index >= 15 is 0 Å². The van der Waals surface area contributed by atoms with Gasteiger partial charge in [-0.3, -0.25) is 0 Å². The molecule has 44 valence electrons. The van der Waals surface area contributed by atoms with Gasteiger partial charge in [0.2, 0.25) is 0 Å². The van der Waals surface area contributed by atoms with Crippen molar-refractivity contribution >= 4 is 6.34 Å². The molecule has 0 saturated heterocycles. The molecule has 0 rings (SSSR count). The number of rotatable bonds is 2. The van der Waals surface area contributed by atoms with Crippen LogP contribution in [0.4, 0.5) is 0 Å². The fourth-order valence-corrected chi connectivity index (χ4v) is 0.199. The minimum absolute atomic E-state index is 0.919. The lowest BCUT2D eigenvalue weighted by atomic mass is 10.6. The average Bonchev–Trinajstić information content (AvgIpc) is 1.81. The van der Waals surface area contributed by atoms with Crippen molar-refractivity contribution in [1.29, 1.82) is 0 Å². The third-order valence-corrected chi connectivity index (χ3v) is 0.455. The van der Waals surface area contributed by atoms with Gasteiger partial charge < -0.3 is 10.8 Å². The summed E-state index contributed by atoms with van der Waals surface area (Å²) in [5.74, 6) is 0. The summed E-state index contributed by atoms with van der Waals surface area (Å²) < 4.78 is 0. The fourth-order valence-electron chi connectivity index (χ4n) is 0.199. The molecule has 0 saturated carbocycles. The summed E-state index contributed by atoms with van der Waals surface area (Å²) in [4.78, 5) is 3.52. The van der Waals surface area contributed by atoms with E-state index in [1.165, 1.54) is 18.6 Å². The lowest BCUT2D eigenvalue weighted by molar-refractivity contribution is 0.473. The molecule has 0 atom stereocenters. The summed E-state index contributed by atoms with van der Waals surface area (Å²) in [7, 11) is 0. The Bertz CT molecular complexity index is 102. The number of nitrogens with zero attached hydrogens (tertiary/aromatic N) is 1. The van der Waals surface area contributed by atoms with E-state index in [0.717, 1.165) is 6.26 Å². The Morgan fingerprint density at radius 3 is 2.62 bits per heavy atom. The van der Waals surface area contributed by atoms with Crippen molar-refractivity contribution in [2.75, 3.05) is 0 Å². The molecule has 8 heavy (non-hydrogen) atoms. The molecule has 0 aliphatic carbocycles. The molecule has 0 unspecified atom stereocenters. The largest absolute Gasteiger partial charge is 0.516 e. The highest BCUT2D eigenvalue weighted by molar-refractivity contribution is 5.52. The number of aliphatic hydroxyl groups excluding tert-OH is 1. The summed E-state index contributed by atoms with van der Waals surface area (Å²) in [6, 6.07) is 0. The minimum Gasteiger partial charge on any atom is -0.516 e. The number of aliphatic hydroxyl groups is 1. The number of aliphatic imine (C=N–C) groups is 1. The Morgan fingerprint density at radius 2 is 2.12 bits per heavy atom. The quantitative estimate of drug-likeness (QED) is 0.237. The minimum atomic E-state index is 0.919. The van der Waals surface area contributed by atoms with E-state index in [4.69, 9.17) is 10.8 Å². The van der Waals surface area contributed by atoms with Gasteiger partial charge in [0.15, 0.2) is 0 Å². The van der Waals surface area contributed by atoms with Gasteiger partial charge in [0, 0.05) is 6.20 Å². The van der Waals surface area contributed by atoms with E-state index in [9.17, 15) is 0 Å². The smallest absolute Gasteiger partial charge is 0.0852 e. The third-order valence-electron chi connectivity index (χ3n) is 0.455. The lowest BCUT2D eigenvalue weighted by Gasteiger charge is -1.69. The van der Waals surface area contributed by atoms with Crippen LogP contribution in [-0.4, -0.2) is 11.4 Å². The normalized spacial score (nSPS) is 12.5. The van der Waals surface area contributed by atoms with E-state index in [0.29, 0.717) is 0 Å². The zero-order valence-corrected chi connectivity index (χ0v) is 4.36. The van der Waals surface area contributed by atoms with Crippen molar-refractivity contribution in [3.8, 4) is 0 Å². The van der Waals surface area contributed by atoms with Crippen LogP contribution >= 0.6 is 0 Å². The van der Waals surface area contributed by atoms with Crippen LogP contribution in [0.2, 0.25) is 0 Å². The first-order valence-corrected chi connectivity index (χ1v) is 2.11. The lowest BCUT2D eigenvalue weighted by Crippen LogP contribution is -1.84. The molecule has 0 radical (unpaired) electrons. The SMILES string of the molecule is NC=N/C=C\C=C\O. The molecule has 3 N–H and O–H groups in total.